The van der Waals surface area contributed by atoms with Crippen molar-refractivity contribution in [3.05, 3.63) is 94.0 Å². The average molecular weight is 401 g/mol. The van der Waals surface area contributed by atoms with Crippen molar-refractivity contribution in [2.24, 2.45) is 0 Å². The van der Waals surface area contributed by atoms with Gasteiger partial charge in [0.1, 0.15) is 0 Å². The zero-order valence-electron chi connectivity index (χ0n) is 16.6. The van der Waals surface area contributed by atoms with Gasteiger partial charge in [0.15, 0.2) is 0 Å². The summed E-state index contributed by atoms with van der Waals surface area (Å²) in [6, 6.07) is 21.3. The van der Waals surface area contributed by atoms with Crippen LogP contribution in [0.3, 0.4) is 0 Å². The number of anilines is 1. The monoisotopic (exact) mass is 400 g/mol. The highest BCUT2D eigenvalue weighted by Gasteiger charge is 2.16. The Morgan fingerprint density at radius 2 is 1.55 bits per heavy atom. The van der Waals surface area contributed by atoms with Gasteiger partial charge in [-0.2, -0.15) is 0 Å². The molecule has 0 atom stereocenters. The minimum absolute atomic E-state index is 0.168. The number of benzene rings is 3. The Hall–Kier alpha value is -3.17. The quantitative estimate of drug-likeness (QED) is 0.414. The molecular weight excluding hydrogens is 380 g/mol. The largest absolute Gasteiger partial charge is 0.322 e. The SMILES string of the molecule is Cc1ccc(-c2cc(C(=O)Nc3ccc(Cl)cc3)c3cc(C)cc(C)c3n2)cc1. The van der Waals surface area contributed by atoms with Crippen molar-refractivity contribution in [3.8, 4) is 11.3 Å². The molecule has 0 saturated heterocycles. The lowest BCUT2D eigenvalue weighted by molar-refractivity contribution is 0.102. The topological polar surface area (TPSA) is 42.0 Å². The molecule has 4 aromatic rings. The highest BCUT2D eigenvalue weighted by molar-refractivity contribution is 6.30. The highest BCUT2D eigenvalue weighted by Crippen LogP contribution is 2.29. The second kappa shape index (κ2) is 7.69. The Bertz CT molecular complexity index is 1210. The summed E-state index contributed by atoms with van der Waals surface area (Å²) in [4.78, 5) is 18.1. The van der Waals surface area contributed by atoms with Crippen LogP contribution in [0.15, 0.2) is 66.7 Å². The van der Waals surface area contributed by atoms with E-state index >= 15 is 0 Å². The fourth-order valence-corrected chi connectivity index (χ4v) is 3.60. The van der Waals surface area contributed by atoms with Crippen molar-refractivity contribution in [1.29, 1.82) is 0 Å². The molecule has 3 aromatic carbocycles. The van der Waals surface area contributed by atoms with Gasteiger partial charge in [-0.3, -0.25) is 4.79 Å². The van der Waals surface area contributed by atoms with E-state index in [4.69, 9.17) is 16.6 Å². The molecule has 0 aliphatic rings. The predicted octanol–water partition coefficient (Wildman–Crippen LogP) is 6.73. The number of amides is 1. The fourth-order valence-electron chi connectivity index (χ4n) is 3.47. The maximum atomic E-state index is 13.2. The van der Waals surface area contributed by atoms with Crippen LogP contribution in [-0.2, 0) is 0 Å². The first-order valence-corrected chi connectivity index (χ1v) is 9.84. The molecular formula is C25H21ClN2O. The molecule has 1 amide bonds. The number of halogens is 1. The number of hydrogen-bond acceptors (Lipinski definition) is 2. The first-order chi connectivity index (χ1) is 13.9. The van der Waals surface area contributed by atoms with E-state index in [9.17, 15) is 4.79 Å². The van der Waals surface area contributed by atoms with Crippen LogP contribution in [0.25, 0.3) is 22.2 Å². The summed E-state index contributed by atoms with van der Waals surface area (Å²) in [5.41, 5.74) is 7.24. The number of carbonyl (C=O) groups is 1. The van der Waals surface area contributed by atoms with Crippen LogP contribution in [0, 0.1) is 20.8 Å². The van der Waals surface area contributed by atoms with Gasteiger partial charge in [-0.25, -0.2) is 4.98 Å². The normalized spacial score (nSPS) is 10.9. The van der Waals surface area contributed by atoms with Gasteiger partial charge in [0.25, 0.3) is 5.91 Å². The highest BCUT2D eigenvalue weighted by atomic mass is 35.5. The smallest absolute Gasteiger partial charge is 0.256 e. The van der Waals surface area contributed by atoms with Crippen LogP contribution < -0.4 is 5.32 Å². The van der Waals surface area contributed by atoms with Crippen molar-refractivity contribution < 1.29 is 4.79 Å². The molecule has 3 nitrogen and oxygen atoms in total. The van der Waals surface area contributed by atoms with Crippen molar-refractivity contribution in [2.45, 2.75) is 20.8 Å². The summed E-state index contributed by atoms with van der Waals surface area (Å²) in [6.07, 6.45) is 0. The van der Waals surface area contributed by atoms with Crippen molar-refractivity contribution in [3.63, 3.8) is 0 Å². The molecule has 0 unspecified atom stereocenters. The summed E-state index contributed by atoms with van der Waals surface area (Å²) in [6.45, 7) is 6.11. The zero-order chi connectivity index (χ0) is 20.5. The molecule has 4 heteroatoms. The van der Waals surface area contributed by atoms with Gasteiger partial charge in [0.2, 0.25) is 0 Å². The molecule has 0 spiro atoms. The average Bonchev–Trinajstić information content (AvgIpc) is 2.69. The summed E-state index contributed by atoms with van der Waals surface area (Å²) >= 11 is 5.96. The summed E-state index contributed by atoms with van der Waals surface area (Å²) in [5, 5.41) is 4.46. The molecule has 0 bridgehead atoms. The van der Waals surface area contributed by atoms with Gasteiger partial charge in [0, 0.05) is 21.7 Å². The molecule has 4 rings (SSSR count). The van der Waals surface area contributed by atoms with E-state index in [1.165, 1.54) is 5.56 Å². The van der Waals surface area contributed by atoms with E-state index < -0.39 is 0 Å². The van der Waals surface area contributed by atoms with Gasteiger partial charge in [-0.05, 0) is 62.7 Å². The molecule has 29 heavy (non-hydrogen) atoms. The maximum Gasteiger partial charge on any atom is 0.256 e. The molecule has 0 aliphatic carbocycles. The van der Waals surface area contributed by atoms with Crippen molar-refractivity contribution >= 4 is 34.1 Å². The van der Waals surface area contributed by atoms with Crippen molar-refractivity contribution in [2.75, 3.05) is 5.32 Å². The second-order valence-corrected chi connectivity index (χ2v) is 7.80. The lowest BCUT2D eigenvalue weighted by Crippen LogP contribution is -2.13. The number of fused-ring (bicyclic) bond motifs is 1. The molecule has 0 saturated carbocycles. The van der Waals surface area contributed by atoms with Gasteiger partial charge in [-0.1, -0.05) is 53.1 Å². The van der Waals surface area contributed by atoms with Gasteiger partial charge < -0.3 is 5.32 Å². The Morgan fingerprint density at radius 3 is 2.24 bits per heavy atom. The van der Waals surface area contributed by atoms with E-state index in [-0.39, 0.29) is 5.91 Å². The predicted molar refractivity (Wildman–Crippen MR) is 121 cm³/mol. The van der Waals surface area contributed by atoms with Crippen LogP contribution in [-0.4, -0.2) is 10.9 Å². The molecule has 0 fully saturated rings. The Kier molecular flexibility index (Phi) is 5.08. The number of rotatable bonds is 3. The van der Waals surface area contributed by atoms with E-state index in [0.717, 1.165) is 33.3 Å². The summed E-state index contributed by atoms with van der Waals surface area (Å²) in [5.74, 6) is -0.168. The van der Waals surface area contributed by atoms with E-state index in [2.05, 4.69) is 30.4 Å². The fraction of sp³-hybridized carbons (Fsp3) is 0.120. The third kappa shape index (κ3) is 4.01. The first kappa shape index (κ1) is 19.2. The van der Waals surface area contributed by atoms with E-state index in [0.29, 0.717) is 16.3 Å². The van der Waals surface area contributed by atoms with Crippen LogP contribution in [0.1, 0.15) is 27.0 Å². The van der Waals surface area contributed by atoms with E-state index in [1.54, 1.807) is 24.3 Å². The molecule has 1 aromatic heterocycles. The van der Waals surface area contributed by atoms with Gasteiger partial charge >= 0.3 is 0 Å². The van der Waals surface area contributed by atoms with Gasteiger partial charge in [0.05, 0.1) is 16.8 Å². The zero-order valence-corrected chi connectivity index (χ0v) is 17.3. The summed E-state index contributed by atoms with van der Waals surface area (Å²) < 4.78 is 0. The minimum Gasteiger partial charge on any atom is -0.322 e. The number of hydrogen-bond donors (Lipinski definition) is 1. The van der Waals surface area contributed by atoms with Crippen LogP contribution in [0.2, 0.25) is 5.02 Å². The summed E-state index contributed by atoms with van der Waals surface area (Å²) in [7, 11) is 0. The molecule has 1 heterocycles. The number of aryl methyl sites for hydroxylation is 3. The van der Waals surface area contributed by atoms with Crippen molar-refractivity contribution in [1.82, 2.24) is 4.98 Å². The third-order valence-corrected chi connectivity index (χ3v) is 5.19. The third-order valence-electron chi connectivity index (χ3n) is 4.94. The number of pyridine rings is 1. The standard InChI is InChI=1S/C25H21ClN2O/c1-15-4-6-18(7-5-15)23-14-22(21-13-16(2)12-17(3)24(21)28-23)25(29)27-20-10-8-19(26)9-11-20/h4-14H,1-3H3,(H,27,29). The molecule has 0 radical (unpaired) electrons. The lowest BCUT2D eigenvalue weighted by Gasteiger charge is -2.13. The minimum atomic E-state index is -0.168. The maximum absolute atomic E-state index is 13.2. The lowest BCUT2D eigenvalue weighted by atomic mass is 9.99. The first-order valence-electron chi connectivity index (χ1n) is 9.47. The molecule has 0 aliphatic heterocycles. The van der Waals surface area contributed by atoms with Gasteiger partial charge in [-0.15, -0.1) is 0 Å². The Morgan fingerprint density at radius 1 is 0.862 bits per heavy atom. The second-order valence-electron chi connectivity index (χ2n) is 7.36. The van der Waals surface area contributed by atoms with Crippen LogP contribution in [0.5, 0.6) is 0 Å². The van der Waals surface area contributed by atoms with E-state index in [1.807, 2.05) is 38.1 Å². The Labute approximate surface area is 175 Å². The number of nitrogens with one attached hydrogen (secondary N) is 1. The molecule has 1 N–H and O–H groups in total. The number of nitrogens with zero attached hydrogens (tertiary/aromatic N) is 1. The van der Waals surface area contributed by atoms with Crippen LogP contribution in [0.4, 0.5) is 5.69 Å². The molecule has 144 valence electrons. The number of carbonyl (C=O) groups excluding carboxylic acids is 1. The number of aromatic nitrogens is 1. The van der Waals surface area contributed by atoms with Crippen LogP contribution >= 0.6 is 11.6 Å². The Balaban J connectivity index is 1.86.